The van der Waals surface area contributed by atoms with Crippen LogP contribution >= 0.6 is 0 Å². The molecule has 0 amide bonds. The summed E-state index contributed by atoms with van der Waals surface area (Å²) in [5.74, 6) is 0. The molecule has 0 N–H and O–H groups in total. The standard InChI is InChI=1S/C29H37.C15H14.C5H5.Zr/c1-26(2)9-11-28(5,6)24-16-20-18(14-22(24)26)13-19-15-23-25(17-21(19)20)29(7,8)12-10-27(23,3)4;1-12-3-7-14(8-4-12)11-15-9-5-13(2)6-10-15;1-2-4-5-3-1;/h13-17H,9-12H2,1-8H3;3-10H,1-2H3;1-3H,4H2;. The summed E-state index contributed by atoms with van der Waals surface area (Å²) < 4.78 is 3.80. The SMILES string of the molecule is Cc1ccc([C](c2ccc(C)cc2)=[Zr]([C]2=CC=CC2)[CH]2c3cc4c(cc3-c3cc5c(cc32)C(C)(C)CCC5(C)C)C(C)(C)CCC4(C)C)cc1. The summed E-state index contributed by atoms with van der Waals surface area (Å²) in [7, 11) is 0. The van der Waals surface area contributed by atoms with Crippen molar-refractivity contribution in [3.8, 4) is 11.1 Å². The summed E-state index contributed by atoms with van der Waals surface area (Å²) in [4.78, 5) is 0. The molecule has 0 saturated heterocycles. The third kappa shape index (κ3) is 5.52. The molecule has 0 atom stereocenters. The molecule has 0 aliphatic heterocycles. The Morgan fingerprint density at radius 3 is 1.28 bits per heavy atom. The van der Waals surface area contributed by atoms with Crippen LogP contribution in [0.5, 0.6) is 0 Å². The minimum atomic E-state index is -2.81. The monoisotopic (exact) mass is 734 g/mol. The van der Waals surface area contributed by atoms with Crippen molar-refractivity contribution in [1.29, 1.82) is 0 Å². The molecule has 0 bridgehead atoms. The fraction of sp³-hybridized carbons (Fsp3) is 0.408. The van der Waals surface area contributed by atoms with E-state index in [9.17, 15) is 0 Å². The van der Waals surface area contributed by atoms with Crippen LogP contribution in [0.4, 0.5) is 0 Å². The van der Waals surface area contributed by atoms with Crippen molar-refractivity contribution in [3.63, 3.8) is 0 Å². The Labute approximate surface area is 310 Å². The van der Waals surface area contributed by atoms with E-state index in [1.54, 1.807) is 39.9 Å². The number of rotatable bonds is 4. The average Bonchev–Trinajstić information content (AvgIpc) is 3.71. The van der Waals surface area contributed by atoms with E-state index in [1.807, 2.05) is 0 Å². The van der Waals surface area contributed by atoms with Crippen molar-refractivity contribution in [2.75, 3.05) is 0 Å². The first-order valence-corrected chi connectivity index (χ1v) is 23.1. The van der Waals surface area contributed by atoms with Gasteiger partial charge >= 0.3 is 312 Å². The van der Waals surface area contributed by atoms with Crippen LogP contribution in [0.1, 0.15) is 147 Å². The van der Waals surface area contributed by atoms with Crippen LogP contribution in [0.3, 0.4) is 0 Å². The van der Waals surface area contributed by atoms with Crippen molar-refractivity contribution >= 4 is 3.21 Å². The van der Waals surface area contributed by atoms with Crippen molar-refractivity contribution in [2.24, 2.45) is 0 Å². The van der Waals surface area contributed by atoms with E-state index in [1.165, 1.54) is 59.1 Å². The average molecular weight is 736 g/mol. The second-order valence-electron chi connectivity index (χ2n) is 18.8. The third-order valence-corrected chi connectivity index (χ3v) is 21.6. The van der Waals surface area contributed by atoms with Gasteiger partial charge in [0.1, 0.15) is 0 Å². The fourth-order valence-electron chi connectivity index (χ4n) is 9.74. The molecular formula is C49H56Zr. The number of fused-ring (bicyclic) bond motifs is 5. The summed E-state index contributed by atoms with van der Waals surface area (Å²) in [6.45, 7) is 24.5. The Bertz CT molecular complexity index is 1990. The zero-order chi connectivity index (χ0) is 35.4. The first-order chi connectivity index (χ1) is 23.6. The molecule has 4 aliphatic rings. The maximum absolute atomic E-state index is 2.81. The van der Waals surface area contributed by atoms with Crippen molar-refractivity contribution < 1.29 is 21.3 Å². The first kappa shape index (κ1) is 34.2. The van der Waals surface area contributed by atoms with Crippen LogP contribution < -0.4 is 0 Å². The Morgan fingerprint density at radius 1 is 0.540 bits per heavy atom. The van der Waals surface area contributed by atoms with E-state index in [0.29, 0.717) is 3.63 Å². The second kappa shape index (κ2) is 11.8. The molecule has 0 spiro atoms. The van der Waals surface area contributed by atoms with Gasteiger partial charge in [-0.3, -0.25) is 0 Å². The van der Waals surface area contributed by atoms with Gasteiger partial charge in [-0.2, -0.15) is 0 Å². The van der Waals surface area contributed by atoms with Gasteiger partial charge in [-0.05, 0) is 0 Å². The number of benzene rings is 4. The molecule has 4 aromatic rings. The molecule has 0 radical (unpaired) electrons. The van der Waals surface area contributed by atoms with E-state index in [-0.39, 0.29) is 21.7 Å². The maximum atomic E-state index is 2.76. The molecule has 0 nitrogen and oxygen atoms in total. The van der Waals surface area contributed by atoms with Crippen LogP contribution in [0.15, 0.2) is 94.3 Å². The normalized spacial score (nSPS) is 20.4. The molecule has 8 rings (SSSR count). The summed E-state index contributed by atoms with van der Waals surface area (Å²) >= 11 is -2.81. The van der Waals surface area contributed by atoms with Crippen LogP contribution in [0.2, 0.25) is 0 Å². The number of allylic oxidation sites excluding steroid dienone is 4. The van der Waals surface area contributed by atoms with E-state index in [4.69, 9.17) is 0 Å². The van der Waals surface area contributed by atoms with Gasteiger partial charge < -0.3 is 0 Å². The van der Waals surface area contributed by atoms with Gasteiger partial charge in [0.05, 0.1) is 0 Å². The number of hydrogen-bond donors (Lipinski definition) is 0. The Hall–Kier alpha value is -2.89. The van der Waals surface area contributed by atoms with Gasteiger partial charge in [0, 0.05) is 0 Å². The molecule has 4 aromatic carbocycles. The summed E-state index contributed by atoms with van der Waals surface area (Å²) in [5.41, 5.74) is 18.9. The molecule has 50 heavy (non-hydrogen) atoms. The van der Waals surface area contributed by atoms with Crippen LogP contribution in [-0.4, -0.2) is 3.21 Å². The van der Waals surface area contributed by atoms with E-state index >= 15 is 0 Å². The number of hydrogen-bond acceptors (Lipinski definition) is 0. The van der Waals surface area contributed by atoms with Gasteiger partial charge in [0.15, 0.2) is 0 Å². The fourth-order valence-corrected chi connectivity index (χ4v) is 18.7. The Morgan fingerprint density at radius 2 is 0.920 bits per heavy atom. The van der Waals surface area contributed by atoms with Crippen molar-refractivity contribution in [3.05, 3.63) is 150 Å². The quantitative estimate of drug-likeness (QED) is 0.196. The van der Waals surface area contributed by atoms with Gasteiger partial charge in [-0.15, -0.1) is 0 Å². The minimum absolute atomic E-state index is 0.167. The molecule has 0 saturated carbocycles. The molecule has 4 aliphatic carbocycles. The van der Waals surface area contributed by atoms with Gasteiger partial charge in [-0.1, -0.05) is 0 Å². The summed E-state index contributed by atoms with van der Waals surface area (Å²) in [6, 6.07) is 30.0. The van der Waals surface area contributed by atoms with Crippen molar-refractivity contribution in [1.82, 2.24) is 0 Å². The molecule has 0 fully saturated rings. The van der Waals surface area contributed by atoms with E-state index in [0.717, 1.165) is 6.42 Å². The molecule has 0 unspecified atom stereocenters. The van der Waals surface area contributed by atoms with Crippen molar-refractivity contribution in [2.45, 2.75) is 127 Å². The topological polar surface area (TPSA) is 0 Å². The van der Waals surface area contributed by atoms with Crippen LogP contribution in [0, 0.1) is 13.8 Å². The molecule has 256 valence electrons. The molecule has 0 aromatic heterocycles. The zero-order valence-corrected chi connectivity index (χ0v) is 34.7. The summed E-state index contributed by atoms with van der Waals surface area (Å²) in [5, 5.41) is 0. The van der Waals surface area contributed by atoms with E-state index < -0.39 is 21.3 Å². The Kier molecular flexibility index (Phi) is 8.09. The Balaban J connectivity index is 1.53. The molecule has 0 heterocycles. The van der Waals surface area contributed by atoms with Gasteiger partial charge in [-0.25, -0.2) is 0 Å². The van der Waals surface area contributed by atoms with E-state index in [2.05, 4.69) is 160 Å². The molecule has 1 heteroatoms. The third-order valence-electron chi connectivity index (χ3n) is 13.3. The zero-order valence-electron chi connectivity index (χ0n) is 32.3. The number of aryl methyl sites for hydroxylation is 2. The molecular weight excluding hydrogens is 680 g/mol. The van der Waals surface area contributed by atoms with Gasteiger partial charge in [0.2, 0.25) is 0 Å². The predicted octanol–water partition coefficient (Wildman–Crippen LogP) is 12.8. The summed E-state index contributed by atoms with van der Waals surface area (Å²) in [6.07, 6.45) is 13.4. The van der Waals surface area contributed by atoms with Crippen LogP contribution in [0.25, 0.3) is 11.1 Å². The first-order valence-electron chi connectivity index (χ1n) is 19.2. The predicted molar refractivity (Wildman–Crippen MR) is 212 cm³/mol. The second-order valence-corrected chi connectivity index (χ2v) is 25.0. The van der Waals surface area contributed by atoms with Gasteiger partial charge in [0.25, 0.3) is 0 Å². The van der Waals surface area contributed by atoms with Crippen LogP contribution in [-0.2, 0) is 42.9 Å².